The van der Waals surface area contributed by atoms with Crippen molar-refractivity contribution in [3.8, 4) is 0 Å². The van der Waals surface area contributed by atoms with Gasteiger partial charge in [0.15, 0.2) is 11.4 Å². The first-order chi connectivity index (χ1) is 28.4. The van der Waals surface area contributed by atoms with Crippen LogP contribution in [-0.2, 0) is 54.0 Å². The van der Waals surface area contributed by atoms with E-state index >= 15 is 0 Å². The van der Waals surface area contributed by atoms with Crippen molar-refractivity contribution in [1.29, 1.82) is 0 Å². The number of fused-ring (bicyclic) bond motifs is 4. The monoisotopic (exact) mass is 860 g/mol. The highest BCUT2D eigenvalue weighted by atomic mass is 32.2. The molecule has 3 N–H and O–H groups in total. The zero-order chi connectivity index (χ0) is 43.6. The number of unbranched alkanes of at least 4 members (excludes halogenated alkanes) is 4. The number of aryl methyl sites for hydroxylation is 2. The van der Waals surface area contributed by atoms with E-state index in [2.05, 4.69) is 73.2 Å². The molecular weight excluding hydrogens is 805 g/mol. The number of benzene rings is 4. The summed E-state index contributed by atoms with van der Waals surface area (Å²) in [5, 5.41) is 22.0. The number of carboxylic acids is 2. The molecule has 2 unspecified atom stereocenters. The van der Waals surface area contributed by atoms with Crippen LogP contribution in [0, 0.1) is 0 Å². The average molecular weight is 861 g/mol. The minimum Gasteiger partial charge on any atom is -0.481 e. The quantitative estimate of drug-likeness (QED) is 0.0668. The summed E-state index contributed by atoms with van der Waals surface area (Å²) in [7, 11) is -7.48. The minimum atomic E-state index is -4.37. The van der Waals surface area contributed by atoms with E-state index in [0.717, 1.165) is 87.5 Å². The van der Waals surface area contributed by atoms with Gasteiger partial charge in [-0.25, -0.2) is 0 Å². The van der Waals surface area contributed by atoms with E-state index in [0.29, 0.717) is 11.8 Å². The van der Waals surface area contributed by atoms with Crippen molar-refractivity contribution >= 4 is 77.0 Å². The topological polar surface area (TPSA) is 186 Å². The Morgan fingerprint density at radius 3 is 1.67 bits per heavy atom. The second-order valence-electron chi connectivity index (χ2n) is 17.0. The molecule has 2 atom stereocenters. The third-order valence-electron chi connectivity index (χ3n) is 13.4. The number of nitrogens with zero attached hydrogens (tertiary/aromatic N) is 2. The number of carboxylic acid groups (broad SMARTS) is 2. The van der Waals surface area contributed by atoms with Gasteiger partial charge in [0.1, 0.15) is 18.0 Å². The van der Waals surface area contributed by atoms with Crippen LogP contribution in [0.1, 0.15) is 127 Å². The van der Waals surface area contributed by atoms with Crippen LogP contribution in [0.25, 0.3) is 21.5 Å². The molecule has 0 saturated carbocycles. The van der Waals surface area contributed by atoms with Gasteiger partial charge in [-0.3, -0.25) is 14.1 Å². The fraction of sp³-hybridized carbons (Fsp3) is 0.478. The first-order valence-corrected chi connectivity index (χ1v) is 23.4. The molecule has 4 heterocycles. The number of hydrogen-bond donors (Lipinski definition) is 3. The smallest absolute Gasteiger partial charge is 0.425 e. The number of rotatable bonds is 13. The average Bonchev–Trinajstić information content (AvgIpc) is 3.55. The van der Waals surface area contributed by atoms with Gasteiger partial charge >= 0.3 is 22.5 Å². The summed E-state index contributed by atoms with van der Waals surface area (Å²) in [6.45, 7) is 11.0. The van der Waals surface area contributed by atoms with Crippen molar-refractivity contribution in [2.75, 3.05) is 13.1 Å². The van der Waals surface area contributed by atoms with Gasteiger partial charge in [-0.15, -0.1) is 12.6 Å². The molecule has 0 saturated heterocycles. The summed E-state index contributed by atoms with van der Waals surface area (Å²) in [6, 6.07) is 18.4. The maximum Gasteiger partial charge on any atom is 0.425 e. The Balaban J connectivity index is 0.000000186. The third-order valence-corrected chi connectivity index (χ3v) is 14.3. The normalized spacial score (nSPS) is 19.9. The molecule has 8 rings (SSSR count). The lowest BCUT2D eigenvalue weighted by Gasteiger charge is -2.24. The Hall–Kier alpha value is -4.79. The van der Waals surface area contributed by atoms with Gasteiger partial charge in [0.25, 0.3) is 10.1 Å². The van der Waals surface area contributed by atoms with E-state index in [9.17, 15) is 22.6 Å². The molecule has 0 radical (unpaired) electrons. The Morgan fingerprint density at radius 2 is 1.15 bits per heavy atom. The number of hydrogen-bond acceptors (Lipinski definition) is 7. The molecule has 4 aliphatic rings. The molecule has 0 spiro atoms. The fourth-order valence-electron chi connectivity index (χ4n) is 10.4. The molecule has 60 heavy (non-hydrogen) atoms. The molecule has 320 valence electrons. The summed E-state index contributed by atoms with van der Waals surface area (Å²) < 4.78 is 64.6. The Bertz CT molecular complexity index is 2660. The highest BCUT2D eigenvalue weighted by molar-refractivity contribution is 7.86. The molecule has 0 amide bonds. The highest BCUT2D eigenvalue weighted by Crippen LogP contribution is 2.52. The van der Waals surface area contributed by atoms with E-state index in [1.807, 2.05) is 6.07 Å². The lowest BCUT2D eigenvalue weighted by Crippen LogP contribution is -2.31. The van der Waals surface area contributed by atoms with Crippen molar-refractivity contribution in [1.82, 2.24) is 0 Å². The number of aliphatic carboxylic acids is 2. The zero-order valence-corrected chi connectivity index (χ0v) is 36.6. The maximum atomic E-state index is 12.2. The van der Waals surface area contributed by atoms with Gasteiger partial charge in [0.2, 0.25) is 11.4 Å². The molecule has 0 aliphatic carbocycles. The first-order valence-electron chi connectivity index (χ1n) is 20.9. The zero-order valence-electron chi connectivity index (χ0n) is 34.9. The second-order valence-corrected chi connectivity index (χ2v) is 18.8. The van der Waals surface area contributed by atoms with Crippen LogP contribution in [0.4, 0.5) is 11.4 Å². The van der Waals surface area contributed by atoms with Gasteiger partial charge in [-0.1, -0.05) is 62.1 Å². The summed E-state index contributed by atoms with van der Waals surface area (Å²) in [5.74, 6) is -1.46. The van der Waals surface area contributed by atoms with Crippen LogP contribution >= 0.6 is 0 Å². The predicted octanol–water partition coefficient (Wildman–Crippen LogP) is 8.64. The molecule has 4 aliphatic heterocycles. The fourth-order valence-corrected chi connectivity index (χ4v) is 11.1. The highest BCUT2D eigenvalue weighted by Gasteiger charge is 2.51. The predicted molar refractivity (Wildman–Crippen MR) is 231 cm³/mol. The second kappa shape index (κ2) is 18.1. The summed E-state index contributed by atoms with van der Waals surface area (Å²) >= 11 is 0. The summed E-state index contributed by atoms with van der Waals surface area (Å²) in [5.41, 5.74) is 10.2. The van der Waals surface area contributed by atoms with Crippen LogP contribution in [0.2, 0.25) is 0 Å². The largest absolute Gasteiger partial charge is 0.481 e. The minimum absolute atomic E-state index is 0.0323. The standard InChI is InChI=1S/C23H27NO5S.C23H27NO2.O3S/c1-15-23(2,12-5-3-4-11-19(25)26)21-20-16(8-6-10-18(20)30(27,28)29)14-17-9-7-13-24(15)22(17)21;1-16-23(2,13-7-3-4-12-20(25)26)21-19-11-6-5-9-17(19)15-18-10-8-14-24(16)22(18)21;1-4(2)3/h6,8,10,14H,3-5,7,9,11-13H2,1-2H3,(H-,25,26,27,28,29);5-6,9,11,15H,3-4,7-8,10,12-14H2,1-2H3;/p+2. The molecule has 12 nitrogen and oxygen atoms in total. The van der Waals surface area contributed by atoms with Crippen LogP contribution in [0.15, 0.2) is 59.5 Å². The Kier molecular flexibility index (Phi) is 13.5. The van der Waals surface area contributed by atoms with Crippen LogP contribution in [0.3, 0.4) is 0 Å². The maximum absolute atomic E-state index is 12.2. The Labute approximate surface area is 353 Å². The SMILES string of the molecule is CC1=[N+]2CCCc3cc4cccc(S(=O)(=O)O)c4c(c32)C1(C)CCCCCC(=O)O.CC1=[N+]2CCCc3cc4ccccc4c(c32)C1(C)CCCCCC(=O)O.O=S(=O)=O. The van der Waals surface area contributed by atoms with Crippen LogP contribution in [-0.4, -0.2) is 81.4 Å². The summed E-state index contributed by atoms with van der Waals surface area (Å²) in [6.07, 6.45) is 11.9. The molecule has 14 heteroatoms. The molecule has 4 aromatic rings. The lowest BCUT2D eigenvalue weighted by atomic mass is 9.73. The lowest BCUT2D eigenvalue weighted by molar-refractivity contribution is -0.444. The van der Waals surface area contributed by atoms with Gasteiger partial charge in [0.05, 0.1) is 10.8 Å². The van der Waals surface area contributed by atoms with Crippen LogP contribution in [0.5, 0.6) is 0 Å². The third kappa shape index (κ3) is 8.82. The first kappa shape index (κ1) is 44.8. The van der Waals surface area contributed by atoms with E-state index in [1.54, 1.807) is 6.07 Å². The molecule has 0 fully saturated rings. The molecule has 0 bridgehead atoms. The molecular formula is C46H56N2O10S2+2. The van der Waals surface area contributed by atoms with Crippen molar-refractivity contribution in [3.05, 3.63) is 76.9 Å². The Morgan fingerprint density at radius 1 is 0.683 bits per heavy atom. The van der Waals surface area contributed by atoms with Crippen molar-refractivity contribution in [2.45, 2.75) is 133 Å². The van der Waals surface area contributed by atoms with E-state index in [1.165, 1.54) is 63.5 Å². The van der Waals surface area contributed by atoms with Crippen molar-refractivity contribution in [2.24, 2.45) is 0 Å². The van der Waals surface area contributed by atoms with Crippen molar-refractivity contribution in [3.63, 3.8) is 0 Å². The van der Waals surface area contributed by atoms with E-state index < -0.39 is 32.7 Å². The van der Waals surface area contributed by atoms with Gasteiger partial charge in [0, 0.05) is 67.2 Å². The van der Waals surface area contributed by atoms with Gasteiger partial charge in [-0.2, -0.15) is 17.6 Å². The van der Waals surface area contributed by atoms with Gasteiger partial charge < -0.3 is 10.2 Å². The molecule has 4 aromatic carbocycles. The van der Waals surface area contributed by atoms with Crippen LogP contribution < -0.4 is 0 Å². The van der Waals surface area contributed by atoms with E-state index in [4.69, 9.17) is 22.8 Å². The summed E-state index contributed by atoms with van der Waals surface area (Å²) in [4.78, 5) is 21.5. The van der Waals surface area contributed by atoms with E-state index in [-0.39, 0.29) is 28.6 Å². The van der Waals surface area contributed by atoms with Gasteiger partial charge in [-0.05, 0) is 86.7 Å². The number of carbonyl (C=O) groups is 2. The van der Waals surface area contributed by atoms with Crippen molar-refractivity contribution < 1.29 is 54.6 Å². The molecule has 0 aromatic heterocycles.